The second kappa shape index (κ2) is 4.98. The molecule has 0 bridgehead atoms. The number of nitrogens with two attached hydrogens (primary N) is 1. The Morgan fingerprint density at radius 1 is 1.48 bits per heavy atom. The summed E-state index contributed by atoms with van der Waals surface area (Å²) < 4.78 is 7.38. The Labute approximate surface area is 135 Å². The lowest BCUT2D eigenvalue weighted by molar-refractivity contribution is -0.119. The van der Waals surface area contributed by atoms with Crippen molar-refractivity contribution in [3.05, 3.63) is 40.2 Å². The van der Waals surface area contributed by atoms with Crippen molar-refractivity contribution in [2.24, 2.45) is 18.2 Å². The second-order valence-corrected chi connectivity index (χ2v) is 7.04. The standard InChI is InChI=1S/C17H20N4O2/c1-9-5-11(20-21(9)4)14-10(8-18)16(19)23-13-7-17(2,3)6-12(22)15(13)14/h5,14H,6-7,19H2,1-4H3. The molecule has 3 rings (SSSR count). The highest BCUT2D eigenvalue weighted by Gasteiger charge is 2.43. The number of ketones is 1. The zero-order valence-corrected chi connectivity index (χ0v) is 13.8. The molecule has 1 aromatic heterocycles. The molecule has 1 atom stereocenters. The number of nitrogens with zero attached hydrogens (tertiary/aromatic N) is 3. The fourth-order valence-corrected chi connectivity index (χ4v) is 3.31. The molecule has 1 aliphatic heterocycles. The summed E-state index contributed by atoms with van der Waals surface area (Å²) >= 11 is 0. The first kappa shape index (κ1) is 15.3. The van der Waals surface area contributed by atoms with Crippen LogP contribution < -0.4 is 5.73 Å². The van der Waals surface area contributed by atoms with Gasteiger partial charge in [0.2, 0.25) is 5.88 Å². The van der Waals surface area contributed by atoms with E-state index in [2.05, 4.69) is 11.2 Å². The van der Waals surface area contributed by atoms with Gasteiger partial charge in [-0.05, 0) is 18.4 Å². The summed E-state index contributed by atoms with van der Waals surface area (Å²) in [5.41, 5.74) is 8.19. The average molecular weight is 312 g/mol. The van der Waals surface area contributed by atoms with Crippen LogP contribution in [0.25, 0.3) is 0 Å². The van der Waals surface area contributed by atoms with Crippen LogP contribution >= 0.6 is 0 Å². The van der Waals surface area contributed by atoms with Crippen LogP contribution in [0.5, 0.6) is 0 Å². The molecule has 0 radical (unpaired) electrons. The predicted octanol–water partition coefficient (Wildman–Crippen LogP) is 2.18. The summed E-state index contributed by atoms with van der Waals surface area (Å²) in [5, 5.41) is 14.0. The zero-order chi connectivity index (χ0) is 16.9. The van der Waals surface area contributed by atoms with Gasteiger partial charge in [0, 0.05) is 31.2 Å². The van der Waals surface area contributed by atoms with E-state index in [1.54, 1.807) is 4.68 Å². The van der Waals surface area contributed by atoms with Gasteiger partial charge < -0.3 is 10.5 Å². The van der Waals surface area contributed by atoms with E-state index in [1.807, 2.05) is 33.9 Å². The van der Waals surface area contributed by atoms with Crippen molar-refractivity contribution in [3.63, 3.8) is 0 Å². The SMILES string of the molecule is Cc1cc(C2C(C#N)=C(N)OC3=C2C(=O)CC(C)(C)C3)nn1C. The Morgan fingerprint density at radius 3 is 2.74 bits per heavy atom. The van der Waals surface area contributed by atoms with Crippen molar-refractivity contribution >= 4 is 5.78 Å². The number of carbonyl (C=O) groups excluding carboxylic acids is 1. The van der Waals surface area contributed by atoms with Crippen molar-refractivity contribution in [3.8, 4) is 6.07 Å². The molecule has 1 aromatic rings. The van der Waals surface area contributed by atoms with E-state index in [4.69, 9.17) is 10.5 Å². The summed E-state index contributed by atoms with van der Waals surface area (Å²) in [7, 11) is 1.83. The number of allylic oxidation sites excluding steroid dienone is 3. The number of aryl methyl sites for hydroxylation is 2. The third-order valence-corrected chi connectivity index (χ3v) is 4.50. The number of nitriles is 1. The number of hydrogen-bond donors (Lipinski definition) is 1. The number of Topliss-reactive ketones (excluding diaryl/α,β-unsaturated/α-hetero) is 1. The number of hydrogen-bond acceptors (Lipinski definition) is 5. The Kier molecular flexibility index (Phi) is 3.33. The summed E-state index contributed by atoms with van der Waals surface area (Å²) in [6.07, 6.45) is 1.05. The molecule has 2 heterocycles. The molecule has 0 saturated carbocycles. The molecule has 0 aromatic carbocycles. The normalized spacial score (nSPS) is 23.4. The van der Waals surface area contributed by atoms with Gasteiger partial charge in [-0.3, -0.25) is 9.48 Å². The molecule has 2 N–H and O–H groups in total. The van der Waals surface area contributed by atoms with Crippen molar-refractivity contribution in [2.75, 3.05) is 0 Å². The lowest BCUT2D eigenvalue weighted by Gasteiger charge is -2.36. The van der Waals surface area contributed by atoms with E-state index < -0.39 is 5.92 Å². The third kappa shape index (κ3) is 2.42. The third-order valence-electron chi connectivity index (χ3n) is 4.50. The van der Waals surface area contributed by atoms with Crippen LogP contribution in [0.2, 0.25) is 0 Å². The first-order valence-electron chi connectivity index (χ1n) is 7.58. The van der Waals surface area contributed by atoms with Gasteiger partial charge in [0.15, 0.2) is 5.78 Å². The first-order valence-corrected chi connectivity index (χ1v) is 7.58. The lowest BCUT2D eigenvalue weighted by atomic mass is 9.71. The quantitative estimate of drug-likeness (QED) is 0.857. The van der Waals surface area contributed by atoms with Crippen molar-refractivity contribution < 1.29 is 9.53 Å². The number of carbonyl (C=O) groups is 1. The zero-order valence-electron chi connectivity index (χ0n) is 13.8. The fourth-order valence-electron chi connectivity index (χ4n) is 3.31. The first-order chi connectivity index (χ1) is 10.7. The van der Waals surface area contributed by atoms with Crippen LogP contribution in [0.15, 0.2) is 28.9 Å². The molecule has 0 amide bonds. The van der Waals surface area contributed by atoms with Crippen molar-refractivity contribution in [1.82, 2.24) is 9.78 Å². The molecule has 2 aliphatic rings. The van der Waals surface area contributed by atoms with Crippen LogP contribution in [0.1, 0.15) is 44.0 Å². The van der Waals surface area contributed by atoms with Gasteiger partial charge >= 0.3 is 0 Å². The molecule has 23 heavy (non-hydrogen) atoms. The minimum atomic E-state index is -0.535. The van der Waals surface area contributed by atoms with E-state index in [1.165, 1.54) is 0 Å². The highest BCUT2D eigenvalue weighted by Crippen LogP contribution is 2.47. The summed E-state index contributed by atoms with van der Waals surface area (Å²) in [6.45, 7) is 5.98. The van der Waals surface area contributed by atoms with Crippen molar-refractivity contribution in [1.29, 1.82) is 5.26 Å². The molecule has 0 saturated heterocycles. The molecule has 0 spiro atoms. The van der Waals surface area contributed by atoms with Gasteiger partial charge in [0.1, 0.15) is 17.4 Å². The highest BCUT2D eigenvalue weighted by atomic mass is 16.5. The maximum atomic E-state index is 12.7. The van der Waals surface area contributed by atoms with Gasteiger partial charge in [0.05, 0.1) is 11.6 Å². The Hall–Kier alpha value is -2.55. The Balaban J connectivity index is 2.19. The molecular weight excluding hydrogens is 292 g/mol. The molecule has 0 fully saturated rings. The van der Waals surface area contributed by atoms with E-state index >= 15 is 0 Å². The maximum absolute atomic E-state index is 12.7. The topological polar surface area (TPSA) is 93.9 Å². The van der Waals surface area contributed by atoms with E-state index in [0.29, 0.717) is 29.9 Å². The number of ether oxygens (including phenoxy) is 1. The highest BCUT2D eigenvalue weighted by molar-refractivity contribution is 5.99. The van der Waals surface area contributed by atoms with Gasteiger partial charge in [0.25, 0.3) is 0 Å². The molecular formula is C17H20N4O2. The fraction of sp³-hybridized carbons (Fsp3) is 0.471. The average Bonchev–Trinajstić information content (AvgIpc) is 2.75. The van der Waals surface area contributed by atoms with Crippen LogP contribution in [0, 0.1) is 23.7 Å². The minimum absolute atomic E-state index is 0.00445. The Bertz CT molecular complexity index is 786. The number of rotatable bonds is 1. The van der Waals surface area contributed by atoms with Gasteiger partial charge in [-0.1, -0.05) is 13.8 Å². The summed E-state index contributed by atoms with van der Waals surface area (Å²) in [4.78, 5) is 12.7. The molecule has 120 valence electrons. The van der Waals surface area contributed by atoms with Gasteiger partial charge in [-0.25, -0.2) is 0 Å². The smallest absolute Gasteiger partial charge is 0.205 e. The second-order valence-electron chi connectivity index (χ2n) is 7.04. The van der Waals surface area contributed by atoms with Crippen LogP contribution in [-0.2, 0) is 16.6 Å². The largest absolute Gasteiger partial charge is 0.444 e. The number of aromatic nitrogens is 2. The summed E-state index contributed by atoms with van der Waals surface area (Å²) in [6, 6.07) is 3.99. The molecule has 1 aliphatic carbocycles. The molecule has 6 nitrogen and oxygen atoms in total. The van der Waals surface area contributed by atoms with E-state index in [9.17, 15) is 10.1 Å². The van der Waals surface area contributed by atoms with E-state index in [0.717, 1.165) is 5.69 Å². The van der Waals surface area contributed by atoms with Crippen LogP contribution in [-0.4, -0.2) is 15.6 Å². The lowest BCUT2D eigenvalue weighted by Crippen LogP contribution is -2.33. The Morgan fingerprint density at radius 2 is 2.17 bits per heavy atom. The minimum Gasteiger partial charge on any atom is -0.444 e. The van der Waals surface area contributed by atoms with Crippen LogP contribution in [0.3, 0.4) is 0 Å². The van der Waals surface area contributed by atoms with Crippen LogP contribution in [0.4, 0.5) is 0 Å². The summed E-state index contributed by atoms with van der Waals surface area (Å²) in [5.74, 6) is 0.123. The van der Waals surface area contributed by atoms with Gasteiger partial charge in [-0.2, -0.15) is 10.4 Å². The maximum Gasteiger partial charge on any atom is 0.205 e. The molecule has 1 unspecified atom stereocenters. The van der Waals surface area contributed by atoms with Crippen molar-refractivity contribution in [2.45, 2.75) is 39.5 Å². The van der Waals surface area contributed by atoms with Gasteiger partial charge in [-0.15, -0.1) is 0 Å². The van der Waals surface area contributed by atoms with E-state index in [-0.39, 0.29) is 22.7 Å². The molecule has 6 heteroatoms. The predicted molar refractivity (Wildman–Crippen MR) is 83.6 cm³/mol. The monoisotopic (exact) mass is 312 g/mol.